The number of aromatic nitrogens is 2. The van der Waals surface area contributed by atoms with Crippen molar-refractivity contribution in [3.8, 4) is 0 Å². The Balaban J connectivity index is 2.79. The van der Waals surface area contributed by atoms with Crippen LogP contribution in [0, 0.1) is 0 Å². The molecule has 19 heavy (non-hydrogen) atoms. The molecule has 2 unspecified atom stereocenters. The van der Waals surface area contributed by atoms with Gasteiger partial charge < -0.3 is 10.1 Å². The van der Waals surface area contributed by atoms with E-state index in [0.717, 1.165) is 0 Å². The minimum Gasteiger partial charge on any atom is -0.383 e. The second-order valence-electron chi connectivity index (χ2n) is 4.08. The van der Waals surface area contributed by atoms with E-state index >= 15 is 0 Å². The maximum atomic E-state index is 12.0. The van der Waals surface area contributed by atoms with Gasteiger partial charge in [-0.05, 0) is 22.9 Å². The van der Waals surface area contributed by atoms with E-state index in [1.54, 1.807) is 19.6 Å². The summed E-state index contributed by atoms with van der Waals surface area (Å²) in [5.74, 6) is 0. The lowest BCUT2D eigenvalue weighted by molar-refractivity contribution is 0.181. The van der Waals surface area contributed by atoms with Gasteiger partial charge in [-0.25, -0.2) is 4.68 Å². The highest BCUT2D eigenvalue weighted by Gasteiger charge is 2.11. The van der Waals surface area contributed by atoms with Gasteiger partial charge in [0.05, 0.1) is 25.0 Å². The van der Waals surface area contributed by atoms with Crippen LogP contribution in [0.3, 0.4) is 0 Å². The van der Waals surface area contributed by atoms with E-state index in [1.165, 1.54) is 4.68 Å². The predicted molar refractivity (Wildman–Crippen MR) is 80.1 cm³/mol. The number of halogens is 1. The monoisotopic (exact) mass is 351 g/mol. The fourth-order valence-corrected chi connectivity index (χ4v) is 2.06. The number of rotatable bonds is 7. The zero-order valence-electron chi connectivity index (χ0n) is 11.2. The van der Waals surface area contributed by atoms with Gasteiger partial charge in [0.25, 0.3) is 5.56 Å². The molecule has 2 atom stereocenters. The third-order valence-electron chi connectivity index (χ3n) is 2.64. The van der Waals surface area contributed by atoms with Gasteiger partial charge in [-0.2, -0.15) is 5.10 Å². The number of hydrogen-bond donors (Lipinski definition) is 1. The topological polar surface area (TPSA) is 73.2 Å². The maximum Gasteiger partial charge on any atom is 0.283 e. The SMILES string of the molecule is COCCn1ncc(NCC(C)S(C)=O)c(Br)c1=O. The minimum absolute atomic E-state index is 0.00261. The first-order valence-electron chi connectivity index (χ1n) is 5.78. The van der Waals surface area contributed by atoms with Crippen LogP contribution in [-0.2, 0) is 22.1 Å². The highest BCUT2D eigenvalue weighted by atomic mass is 79.9. The van der Waals surface area contributed by atoms with Crippen molar-refractivity contribution in [2.75, 3.05) is 31.8 Å². The molecule has 0 radical (unpaired) electrons. The molecule has 8 heteroatoms. The van der Waals surface area contributed by atoms with Crippen LogP contribution < -0.4 is 10.9 Å². The van der Waals surface area contributed by atoms with Crippen LogP contribution in [0.2, 0.25) is 0 Å². The van der Waals surface area contributed by atoms with Gasteiger partial charge in [0, 0.05) is 36.0 Å². The summed E-state index contributed by atoms with van der Waals surface area (Å²) in [6.07, 6.45) is 3.23. The Kier molecular flexibility index (Phi) is 6.67. The van der Waals surface area contributed by atoms with E-state index in [4.69, 9.17) is 4.74 Å². The fraction of sp³-hybridized carbons (Fsp3) is 0.636. The lowest BCUT2D eigenvalue weighted by atomic mass is 10.4. The van der Waals surface area contributed by atoms with Crippen molar-refractivity contribution < 1.29 is 8.95 Å². The molecular formula is C11H18BrN3O3S. The van der Waals surface area contributed by atoms with Gasteiger partial charge in [-0.15, -0.1) is 0 Å². The molecule has 1 aromatic rings. The summed E-state index contributed by atoms with van der Waals surface area (Å²) in [6.45, 7) is 3.23. The zero-order valence-corrected chi connectivity index (χ0v) is 13.6. The molecule has 108 valence electrons. The van der Waals surface area contributed by atoms with Gasteiger partial charge in [-0.3, -0.25) is 9.00 Å². The van der Waals surface area contributed by atoms with E-state index in [0.29, 0.717) is 29.9 Å². The van der Waals surface area contributed by atoms with Crippen molar-refractivity contribution in [2.45, 2.75) is 18.7 Å². The molecule has 0 saturated heterocycles. The summed E-state index contributed by atoms with van der Waals surface area (Å²) < 4.78 is 17.9. The molecular weight excluding hydrogens is 334 g/mol. The molecule has 1 aromatic heterocycles. The lowest BCUT2D eigenvalue weighted by Gasteiger charge is -2.13. The van der Waals surface area contributed by atoms with Crippen molar-refractivity contribution in [1.82, 2.24) is 9.78 Å². The molecule has 1 rings (SSSR count). The van der Waals surface area contributed by atoms with Gasteiger partial charge in [-0.1, -0.05) is 0 Å². The summed E-state index contributed by atoms with van der Waals surface area (Å²) in [4.78, 5) is 12.0. The molecule has 0 aliphatic carbocycles. The quantitative estimate of drug-likeness (QED) is 0.787. The molecule has 0 saturated carbocycles. The first kappa shape index (κ1) is 16.3. The zero-order chi connectivity index (χ0) is 14.4. The Bertz CT molecular complexity index is 506. The smallest absolute Gasteiger partial charge is 0.283 e. The summed E-state index contributed by atoms with van der Waals surface area (Å²) in [6, 6.07) is 0. The molecule has 0 amide bonds. The third-order valence-corrected chi connectivity index (χ3v) is 4.71. The Morgan fingerprint density at radius 2 is 2.32 bits per heavy atom. The number of nitrogens with zero attached hydrogens (tertiary/aromatic N) is 2. The molecule has 0 aromatic carbocycles. The number of nitrogens with one attached hydrogen (secondary N) is 1. The number of ether oxygens (including phenoxy) is 1. The second kappa shape index (κ2) is 7.76. The highest BCUT2D eigenvalue weighted by molar-refractivity contribution is 9.10. The number of anilines is 1. The van der Waals surface area contributed by atoms with E-state index < -0.39 is 10.8 Å². The van der Waals surface area contributed by atoms with Crippen molar-refractivity contribution in [2.24, 2.45) is 0 Å². The Labute approximate surface area is 123 Å². The molecule has 0 aliphatic rings. The van der Waals surface area contributed by atoms with Gasteiger partial charge in [0.2, 0.25) is 0 Å². The van der Waals surface area contributed by atoms with E-state index in [-0.39, 0.29) is 10.8 Å². The molecule has 6 nitrogen and oxygen atoms in total. The van der Waals surface area contributed by atoms with Crippen LogP contribution in [-0.4, -0.2) is 45.8 Å². The Hall–Kier alpha value is -0.730. The number of hydrogen-bond acceptors (Lipinski definition) is 5. The van der Waals surface area contributed by atoms with Crippen LogP contribution >= 0.6 is 15.9 Å². The van der Waals surface area contributed by atoms with Crippen LogP contribution in [0.5, 0.6) is 0 Å². The first-order valence-corrected chi connectivity index (χ1v) is 8.19. The largest absolute Gasteiger partial charge is 0.383 e. The Morgan fingerprint density at radius 1 is 1.63 bits per heavy atom. The molecule has 0 aliphatic heterocycles. The molecule has 0 bridgehead atoms. The van der Waals surface area contributed by atoms with Crippen LogP contribution in [0.1, 0.15) is 6.92 Å². The van der Waals surface area contributed by atoms with E-state index in [9.17, 15) is 9.00 Å². The molecule has 0 spiro atoms. The molecule has 0 fully saturated rings. The maximum absolute atomic E-state index is 12.0. The van der Waals surface area contributed by atoms with E-state index in [1.807, 2.05) is 6.92 Å². The average molecular weight is 352 g/mol. The fourth-order valence-electron chi connectivity index (χ4n) is 1.30. The second-order valence-corrected chi connectivity index (χ2v) is 6.68. The minimum atomic E-state index is -0.903. The number of methoxy groups -OCH3 is 1. The predicted octanol–water partition coefficient (Wildman–Crippen LogP) is 0.831. The van der Waals surface area contributed by atoms with E-state index in [2.05, 4.69) is 26.3 Å². The van der Waals surface area contributed by atoms with Crippen LogP contribution in [0.15, 0.2) is 15.5 Å². The van der Waals surface area contributed by atoms with Gasteiger partial charge >= 0.3 is 0 Å². The summed E-state index contributed by atoms with van der Waals surface area (Å²) in [5, 5.41) is 7.13. The summed E-state index contributed by atoms with van der Waals surface area (Å²) in [5.41, 5.74) is 0.392. The standard InChI is InChI=1S/C11H18BrN3O3S/c1-8(19(3)17)6-13-9-7-14-15(4-5-18-2)11(16)10(9)12/h7-8,13H,4-6H2,1-3H3. The van der Waals surface area contributed by atoms with Crippen molar-refractivity contribution in [3.63, 3.8) is 0 Å². The Morgan fingerprint density at radius 3 is 2.89 bits per heavy atom. The van der Waals surface area contributed by atoms with Crippen LogP contribution in [0.25, 0.3) is 0 Å². The average Bonchev–Trinajstić information content (AvgIpc) is 2.38. The van der Waals surface area contributed by atoms with Gasteiger partial charge in [0.1, 0.15) is 4.47 Å². The molecule has 1 N–H and O–H groups in total. The van der Waals surface area contributed by atoms with Crippen LogP contribution in [0.4, 0.5) is 5.69 Å². The van der Waals surface area contributed by atoms with Crippen molar-refractivity contribution in [3.05, 3.63) is 21.0 Å². The van der Waals surface area contributed by atoms with Gasteiger partial charge in [0.15, 0.2) is 0 Å². The molecule has 1 heterocycles. The third kappa shape index (κ3) is 4.70. The van der Waals surface area contributed by atoms with Crippen molar-refractivity contribution >= 4 is 32.4 Å². The normalized spacial score (nSPS) is 14.1. The van der Waals surface area contributed by atoms with Crippen molar-refractivity contribution in [1.29, 1.82) is 0 Å². The summed E-state index contributed by atoms with van der Waals surface area (Å²) >= 11 is 3.26. The lowest BCUT2D eigenvalue weighted by Crippen LogP contribution is -2.27. The summed E-state index contributed by atoms with van der Waals surface area (Å²) in [7, 11) is 0.669. The first-order chi connectivity index (χ1) is 8.97. The highest BCUT2D eigenvalue weighted by Crippen LogP contribution is 2.16.